The van der Waals surface area contributed by atoms with E-state index in [2.05, 4.69) is 63.5 Å². The van der Waals surface area contributed by atoms with Gasteiger partial charge in [0, 0.05) is 40.8 Å². The highest BCUT2D eigenvalue weighted by Gasteiger charge is 2.10. The van der Waals surface area contributed by atoms with Gasteiger partial charge in [0.2, 0.25) is 0 Å². The average molecular weight is 262 g/mol. The highest BCUT2D eigenvalue weighted by Crippen LogP contribution is 2.32. The lowest BCUT2D eigenvalue weighted by atomic mass is 10.1. The molecule has 0 saturated carbocycles. The Morgan fingerprint density at radius 2 is 2.00 bits per heavy atom. The van der Waals surface area contributed by atoms with Crippen LogP contribution in [0.25, 0.3) is 27.1 Å². The van der Waals surface area contributed by atoms with E-state index in [9.17, 15) is 0 Å². The van der Waals surface area contributed by atoms with Crippen LogP contribution in [0.1, 0.15) is 6.92 Å². The summed E-state index contributed by atoms with van der Waals surface area (Å²) < 4.78 is 2.15. The molecule has 0 radical (unpaired) electrons. The van der Waals surface area contributed by atoms with Gasteiger partial charge >= 0.3 is 0 Å². The van der Waals surface area contributed by atoms with Gasteiger partial charge in [-0.1, -0.05) is 12.1 Å². The second-order valence-corrected chi connectivity index (χ2v) is 4.86. The van der Waals surface area contributed by atoms with Crippen molar-refractivity contribution in [3.8, 4) is 0 Å². The van der Waals surface area contributed by atoms with Gasteiger partial charge < -0.3 is 9.72 Å². The molecule has 0 aliphatic rings. The third kappa shape index (κ3) is 1.48. The predicted octanol–water partition coefficient (Wildman–Crippen LogP) is 3.47. The largest absolute Gasteiger partial charge is 0.385 e. The molecule has 0 saturated heterocycles. The van der Waals surface area contributed by atoms with E-state index in [0.29, 0.717) is 0 Å². The number of rotatable bonds is 2. The van der Waals surface area contributed by atoms with E-state index in [1.54, 1.807) is 0 Å². The number of anilines is 1. The summed E-state index contributed by atoms with van der Waals surface area (Å²) >= 11 is 0. The molecule has 0 aliphatic heterocycles. The van der Waals surface area contributed by atoms with Crippen molar-refractivity contribution in [1.82, 2.24) is 14.6 Å². The molecule has 0 amide bonds. The van der Waals surface area contributed by atoms with Crippen LogP contribution in [-0.2, 0) is 0 Å². The molecule has 4 nitrogen and oxygen atoms in total. The van der Waals surface area contributed by atoms with Gasteiger partial charge in [0.15, 0.2) is 0 Å². The topological polar surface area (TPSA) is 42.2 Å². The maximum Gasteiger partial charge on any atom is 0.0645 e. The third-order valence-electron chi connectivity index (χ3n) is 3.67. The monoisotopic (exact) mass is 262 g/mol. The highest BCUT2D eigenvalue weighted by molar-refractivity contribution is 6.15. The first kappa shape index (κ1) is 11.2. The third-order valence-corrected chi connectivity index (χ3v) is 3.67. The number of nitrogens with one attached hydrogen (secondary N) is 1. The predicted molar refractivity (Wildman–Crippen MR) is 82.2 cm³/mol. The normalized spacial score (nSPS) is 11.4. The Balaban J connectivity index is 2.26. The minimum absolute atomic E-state index is 0.901. The lowest BCUT2D eigenvalue weighted by Crippen LogP contribution is -1.98. The molecule has 0 bridgehead atoms. The van der Waals surface area contributed by atoms with Gasteiger partial charge in [-0.25, -0.2) is 0 Å². The fraction of sp³-hybridized carbons (Fsp3) is 0.125. The number of hydrogen-bond donors (Lipinski definition) is 1. The fourth-order valence-electron chi connectivity index (χ4n) is 2.84. The Bertz CT molecular complexity index is 924. The van der Waals surface area contributed by atoms with Crippen LogP contribution in [0.5, 0.6) is 0 Å². The van der Waals surface area contributed by atoms with Crippen molar-refractivity contribution in [2.45, 2.75) is 6.92 Å². The summed E-state index contributed by atoms with van der Waals surface area (Å²) in [7, 11) is 0. The first-order valence-electron chi connectivity index (χ1n) is 6.75. The summed E-state index contributed by atoms with van der Waals surface area (Å²) in [5, 5.41) is 16.2. The first-order chi connectivity index (χ1) is 9.88. The Morgan fingerprint density at radius 1 is 1.10 bits per heavy atom. The van der Waals surface area contributed by atoms with Crippen molar-refractivity contribution in [3.05, 3.63) is 49.1 Å². The molecule has 0 spiro atoms. The Morgan fingerprint density at radius 3 is 2.90 bits per heavy atom. The molecule has 0 fully saturated rings. The zero-order valence-electron chi connectivity index (χ0n) is 11.2. The molecular weight excluding hydrogens is 248 g/mol. The van der Waals surface area contributed by atoms with Crippen LogP contribution in [0.4, 0.5) is 5.69 Å². The summed E-state index contributed by atoms with van der Waals surface area (Å²) in [6, 6.07) is 8.49. The molecule has 1 aromatic carbocycles. The van der Waals surface area contributed by atoms with E-state index in [1.165, 1.54) is 16.3 Å². The van der Waals surface area contributed by atoms with Crippen molar-refractivity contribution < 1.29 is 0 Å². The number of fused-ring (bicyclic) bond motifs is 5. The number of pyridine rings is 1. The quantitative estimate of drug-likeness (QED) is 0.601. The molecule has 4 rings (SSSR count). The molecular formula is C16H14N4. The summed E-state index contributed by atoms with van der Waals surface area (Å²) in [5.74, 6) is 0. The van der Waals surface area contributed by atoms with E-state index in [-0.39, 0.29) is 0 Å². The Hall–Kier alpha value is -2.62. The maximum absolute atomic E-state index is 4.03. The van der Waals surface area contributed by atoms with Crippen LogP contribution in [-0.4, -0.2) is 21.1 Å². The zero-order chi connectivity index (χ0) is 13.5. The van der Waals surface area contributed by atoms with E-state index in [0.717, 1.165) is 23.0 Å². The second kappa shape index (κ2) is 4.20. The van der Waals surface area contributed by atoms with Gasteiger partial charge in [-0.05, 0) is 24.4 Å². The number of nitrogens with zero attached hydrogens (tertiary/aromatic N) is 3. The molecule has 3 heterocycles. The summed E-state index contributed by atoms with van der Waals surface area (Å²) in [6.45, 7) is 3.01. The number of hydrogen-bond acceptors (Lipinski definition) is 3. The van der Waals surface area contributed by atoms with Crippen LogP contribution in [0.2, 0.25) is 0 Å². The van der Waals surface area contributed by atoms with Gasteiger partial charge in [-0.2, -0.15) is 10.2 Å². The molecule has 0 unspecified atom stereocenters. The lowest BCUT2D eigenvalue weighted by Gasteiger charge is -2.10. The Labute approximate surface area is 116 Å². The minimum Gasteiger partial charge on any atom is -0.385 e. The maximum atomic E-state index is 4.03. The van der Waals surface area contributed by atoms with Gasteiger partial charge in [0.25, 0.3) is 0 Å². The molecule has 20 heavy (non-hydrogen) atoms. The van der Waals surface area contributed by atoms with Gasteiger partial charge in [-0.15, -0.1) is 0 Å². The van der Waals surface area contributed by atoms with Crippen molar-refractivity contribution in [2.24, 2.45) is 0 Å². The van der Waals surface area contributed by atoms with Crippen molar-refractivity contribution in [3.63, 3.8) is 0 Å². The van der Waals surface area contributed by atoms with Crippen LogP contribution < -0.4 is 5.32 Å². The molecule has 98 valence electrons. The van der Waals surface area contributed by atoms with Gasteiger partial charge in [-0.3, -0.25) is 0 Å². The molecule has 4 aromatic rings. The van der Waals surface area contributed by atoms with Crippen LogP contribution in [0, 0.1) is 0 Å². The fourth-order valence-corrected chi connectivity index (χ4v) is 2.84. The number of benzene rings is 1. The minimum atomic E-state index is 0.901. The summed E-state index contributed by atoms with van der Waals surface area (Å²) in [4.78, 5) is 0. The van der Waals surface area contributed by atoms with Gasteiger partial charge in [0.1, 0.15) is 0 Å². The average Bonchev–Trinajstić information content (AvgIpc) is 2.86. The van der Waals surface area contributed by atoms with Gasteiger partial charge in [0.05, 0.1) is 17.9 Å². The van der Waals surface area contributed by atoms with Crippen LogP contribution in [0.3, 0.4) is 0 Å². The first-order valence-corrected chi connectivity index (χ1v) is 6.75. The molecule has 0 atom stereocenters. The van der Waals surface area contributed by atoms with Crippen molar-refractivity contribution in [2.75, 3.05) is 11.9 Å². The standard InChI is InChI=1S/C16H14N4/c1-2-17-14-5-3-4-11-6-7-20-10-12-8-18-19-9-13(12)16(20)15(11)14/h3-10,17H,2H2,1H3. The molecule has 4 heteroatoms. The van der Waals surface area contributed by atoms with Crippen molar-refractivity contribution >= 4 is 32.7 Å². The lowest BCUT2D eigenvalue weighted by molar-refractivity contribution is 1.05. The number of aromatic nitrogens is 3. The van der Waals surface area contributed by atoms with E-state index in [1.807, 2.05) is 12.4 Å². The molecule has 0 aliphatic carbocycles. The molecule has 3 aromatic heterocycles. The van der Waals surface area contributed by atoms with E-state index in [4.69, 9.17) is 0 Å². The second-order valence-electron chi connectivity index (χ2n) is 4.86. The van der Waals surface area contributed by atoms with Crippen LogP contribution >= 0.6 is 0 Å². The zero-order valence-corrected chi connectivity index (χ0v) is 11.2. The SMILES string of the molecule is CCNc1cccc2ccn3cc4cnncc4c3c12. The smallest absolute Gasteiger partial charge is 0.0645 e. The molecule has 1 N–H and O–H groups in total. The summed E-state index contributed by atoms with van der Waals surface area (Å²) in [6.07, 6.45) is 7.84. The van der Waals surface area contributed by atoms with Crippen molar-refractivity contribution in [1.29, 1.82) is 0 Å². The van der Waals surface area contributed by atoms with Crippen LogP contribution in [0.15, 0.2) is 49.1 Å². The summed E-state index contributed by atoms with van der Waals surface area (Å²) in [5.41, 5.74) is 2.34. The van der Waals surface area contributed by atoms with E-state index >= 15 is 0 Å². The highest BCUT2D eigenvalue weighted by atomic mass is 15.1. The van der Waals surface area contributed by atoms with E-state index < -0.39 is 0 Å². The Kier molecular flexibility index (Phi) is 2.36.